The molecule has 162 valence electrons. The number of nitrogens with one attached hydrogen (secondary N) is 2. The summed E-state index contributed by atoms with van der Waals surface area (Å²) in [6.45, 7) is 9.31. The lowest BCUT2D eigenvalue weighted by atomic mass is 9.97. The van der Waals surface area contributed by atoms with Crippen LogP contribution in [0.2, 0.25) is 0 Å². The molecule has 0 radical (unpaired) electrons. The number of aromatic amines is 1. The van der Waals surface area contributed by atoms with Gasteiger partial charge in [0.05, 0.1) is 25.3 Å². The van der Waals surface area contributed by atoms with Crippen LogP contribution < -0.4 is 14.8 Å². The van der Waals surface area contributed by atoms with Gasteiger partial charge in [-0.15, -0.1) is 5.10 Å². The number of amides is 1. The van der Waals surface area contributed by atoms with Crippen molar-refractivity contribution < 1.29 is 18.7 Å². The molecule has 1 amide bonds. The zero-order chi connectivity index (χ0) is 22.7. The first-order valence-electron chi connectivity index (χ1n) is 9.76. The van der Waals surface area contributed by atoms with Crippen LogP contribution in [-0.2, 0) is 4.79 Å². The minimum absolute atomic E-state index is 0.0491. The first-order chi connectivity index (χ1) is 15.5. The Morgan fingerprint density at radius 1 is 1.31 bits per heavy atom. The number of hydrogen-bond donors (Lipinski definition) is 2. The third-order valence-corrected chi connectivity index (χ3v) is 5.27. The Morgan fingerprint density at radius 2 is 2.16 bits per heavy atom. The molecule has 4 rings (SSSR count). The van der Waals surface area contributed by atoms with Crippen LogP contribution in [-0.4, -0.2) is 57.4 Å². The molecule has 0 spiro atoms. The van der Waals surface area contributed by atoms with Gasteiger partial charge in [0.15, 0.2) is 6.17 Å². The molecule has 1 saturated heterocycles. The van der Waals surface area contributed by atoms with Crippen molar-refractivity contribution in [1.29, 1.82) is 0 Å². The normalized spacial score (nSPS) is 19.7. The quantitative estimate of drug-likeness (QED) is 0.464. The number of rotatable bonds is 5. The number of benzene rings is 1. The van der Waals surface area contributed by atoms with E-state index >= 15 is 0 Å². The van der Waals surface area contributed by atoms with Crippen molar-refractivity contribution in [3.05, 3.63) is 41.1 Å². The Balaban J connectivity index is 1.72. The number of halogens is 1. The van der Waals surface area contributed by atoms with Crippen LogP contribution in [0.15, 0.2) is 18.3 Å². The van der Waals surface area contributed by atoms with E-state index in [-0.39, 0.29) is 18.3 Å². The number of carbonyl (C=O) groups excluding carboxylic acids is 1. The number of hydrogen-bond acceptors (Lipinski definition) is 7. The number of ether oxygens (including phenoxy) is 2. The lowest BCUT2D eigenvalue weighted by Gasteiger charge is -2.19. The molecule has 11 heteroatoms. The van der Waals surface area contributed by atoms with Crippen molar-refractivity contribution in [3.8, 4) is 23.5 Å². The third kappa shape index (κ3) is 3.88. The van der Waals surface area contributed by atoms with E-state index in [1.165, 1.54) is 13.3 Å². The van der Waals surface area contributed by atoms with Crippen molar-refractivity contribution in [1.82, 2.24) is 30.9 Å². The summed E-state index contributed by atoms with van der Waals surface area (Å²) in [7, 11) is 1.46. The highest BCUT2D eigenvalue weighted by Crippen LogP contribution is 2.37. The molecule has 32 heavy (non-hydrogen) atoms. The summed E-state index contributed by atoms with van der Waals surface area (Å²) in [6.07, 6.45) is 0.449. The lowest BCUT2D eigenvalue weighted by molar-refractivity contribution is -0.123. The number of aromatic nitrogens is 5. The number of pyridine rings is 1. The van der Waals surface area contributed by atoms with Crippen LogP contribution in [0, 0.1) is 24.3 Å². The summed E-state index contributed by atoms with van der Waals surface area (Å²) in [5.41, 5.74) is 0.822. The zero-order valence-electron chi connectivity index (χ0n) is 17.2. The predicted octanol–water partition coefficient (Wildman–Crippen LogP) is 1.95. The molecule has 1 aliphatic heterocycles. The van der Waals surface area contributed by atoms with E-state index in [2.05, 4.69) is 47.6 Å². The van der Waals surface area contributed by atoms with Gasteiger partial charge in [-0.3, -0.25) is 4.79 Å². The molecule has 1 aliphatic rings. The maximum absolute atomic E-state index is 14.1. The molecule has 0 aliphatic carbocycles. The third-order valence-electron chi connectivity index (χ3n) is 5.27. The topological polar surface area (TPSA) is 119 Å². The van der Waals surface area contributed by atoms with E-state index in [1.807, 2.05) is 6.92 Å². The Kier molecular flexibility index (Phi) is 5.81. The zero-order valence-corrected chi connectivity index (χ0v) is 17.2. The minimum atomic E-state index is -1.55. The van der Waals surface area contributed by atoms with Crippen LogP contribution in [0.3, 0.4) is 0 Å². The van der Waals surface area contributed by atoms with Gasteiger partial charge in [0.2, 0.25) is 17.4 Å². The molecule has 0 saturated carbocycles. The maximum atomic E-state index is 14.1. The average molecular weight is 435 g/mol. The van der Waals surface area contributed by atoms with Crippen molar-refractivity contribution >= 4 is 22.4 Å². The van der Waals surface area contributed by atoms with E-state index in [0.29, 0.717) is 34.2 Å². The van der Waals surface area contributed by atoms with Gasteiger partial charge in [-0.05, 0) is 35.1 Å². The number of fused-ring (bicyclic) bond motifs is 1. The van der Waals surface area contributed by atoms with Crippen molar-refractivity contribution in [2.45, 2.75) is 25.6 Å². The van der Waals surface area contributed by atoms with Gasteiger partial charge in [-0.1, -0.05) is 17.9 Å². The van der Waals surface area contributed by atoms with Gasteiger partial charge in [0.25, 0.3) is 5.91 Å². The Morgan fingerprint density at radius 3 is 2.84 bits per heavy atom. The highest BCUT2D eigenvalue weighted by atomic mass is 19.1. The Hall–Kier alpha value is -4.25. The molecule has 0 unspecified atom stereocenters. The van der Waals surface area contributed by atoms with Crippen molar-refractivity contribution in [3.63, 3.8) is 0 Å². The number of methoxy groups -OCH3 is 1. The van der Waals surface area contributed by atoms with Gasteiger partial charge in [0.1, 0.15) is 12.4 Å². The largest absolute Gasteiger partial charge is 0.508 e. The minimum Gasteiger partial charge on any atom is -0.508 e. The van der Waals surface area contributed by atoms with Crippen LogP contribution in [0.1, 0.15) is 24.7 Å². The summed E-state index contributed by atoms with van der Waals surface area (Å²) in [6, 6.07) is 2.81. The van der Waals surface area contributed by atoms with E-state index in [0.717, 1.165) is 0 Å². The molecule has 3 atom stereocenters. The molecule has 2 aromatic heterocycles. The van der Waals surface area contributed by atoms with E-state index in [4.69, 9.17) is 16.0 Å². The summed E-state index contributed by atoms with van der Waals surface area (Å²) in [5, 5.41) is 17.2. The van der Waals surface area contributed by atoms with Gasteiger partial charge < -0.3 is 14.8 Å². The fourth-order valence-electron chi connectivity index (χ4n) is 3.63. The second-order valence-electron chi connectivity index (χ2n) is 7.04. The molecule has 3 aromatic rings. The number of H-pyrrole nitrogens is 1. The van der Waals surface area contributed by atoms with Gasteiger partial charge >= 0.3 is 0 Å². The Labute approximate surface area is 182 Å². The molecule has 2 N–H and O–H groups in total. The highest BCUT2D eigenvalue weighted by Gasteiger charge is 2.41. The number of carbonyl (C=O) groups is 1. The van der Waals surface area contributed by atoms with Gasteiger partial charge in [0, 0.05) is 17.5 Å². The summed E-state index contributed by atoms with van der Waals surface area (Å²) < 4.78 is 25.3. The van der Waals surface area contributed by atoms with Crippen LogP contribution in [0.25, 0.3) is 15.6 Å². The Bertz CT molecular complexity index is 1260. The second kappa shape index (κ2) is 8.86. The van der Waals surface area contributed by atoms with Gasteiger partial charge in [-0.25, -0.2) is 14.2 Å². The average Bonchev–Trinajstić information content (AvgIpc) is 3.43. The highest BCUT2D eigenvalue weighted by molar-refractivity contribution is 5.96. The van der Waals surface area contributed by atoms with Crippen LogP contribution >= 0.6 is 0 Å². The van der Waals surface area contributed by atoms with Crippen molar-refractivity contribution in [2.75, 3.05) is 13.7 Å². The second-order valence-corrected chi connectivity index (χ2v) is 7.04. The fraction of sp³-hybridized carbons (Fsp3) is 0.333. The molecule has 0 bridgehead atoms. The van der Waals surface area contributed by atoms with Crippen LogP contribution in [0.5, 0.6) is 11.6 Å². The van der Waals surface area contributed by atoms with Gasteiger partial charge in [-0.2, -0.15) is 5.21 Å². The monoisotopic (exact) mass is 435 g/mol. The predicted molar refractivity (Wildman–Crippen MR) is 111 cm³/mol. The molecule has 1 aromatic carbocycles. The van der Waals surface area contributed by atoms with E-state index in [1.54, 1.807) is 12.1 Å². The summed E-state index contributed by atoms with van der Waals surface area (Å²) in [4.78, 5) is 19.6. The molecular weight excluding hydrogens is 417 g/mol. The number of nitrogens with zero attached hydrogens (tertiary/aromatic N) is 5. The van der Waals surface area contributed by atoms with Crippen LogP contribution in [0.4, 0.5) is 10.1 Å². The number of tetrazole rings is 1. The smallest absolute Gasteiger partial charge is 0.255 e. The number of alkyl halides is 1. The first-order valence-corrected chi connectivity index (χ1v) is 9.76. The first kappa shape index (κ1) is 21.0. The van der Waals surface area contributed by atoms with Crippen molar-refractivity contribution in [2.24, 2.45) is 5.92 Å². The SMILES string of the molecule is [C-]#[N+]c1cc2c(C#Cc3nn[nH]n3)cnc(OC[C@H]3NC(=O)[C@@H](F)[C@H]3CC)c2cc1OC. The lowest BCUT2D eigenvalue weighted by Crippen LogP contribution is -2.34. The molecule has 1 fully saturated rings. The summed E-state index contributed by atoms with van der Waals surface area (Å²) in [5.74, 6) is 5.42. The van der Waals surface area contributed by atoms with E-state index < -0.39 is 24.0 Å². The van der Waals surface area contributed by atoms with E-state index in [9.17, 15) is 9.18 Å². The standard InChI is InChI=1S/C21H18FN7O3/c1-4-12-16(25-20(30)19(12)22)10-32-21-14-8-17(31-3)15(23-2)7-13(14)11(9-24-21)5-6-18-26-28-29-27-18/h7-9,12,16,19H,4,10H2,1,3H3,(H,25,30)(H,26,27,28,29)/t12-,16+,19-/m0/s1. The maximum Gasteiger partial charge on any atom is 0.255 e. The molecule has 3 heterocycles. The fourth-order valence-corrected chi connectivity index (χ4v) is 3.63. The summed E-state index contributed by atoms with van der Waals surface area (Å²) >= 11 is 0. The molecule has 10 nitrogen and oxygen atoms in total. The molecular formula is C21H18FN7O3.